The molecule has 21 heavy (non-hydrogen) atoms. The highest BCUT2D eigenvalue weighted by Crippen LogP contribution is 2.18. The van der Waals surface area contributed by atoms with Gasteiger partial charge in [0.25, 0.3) is 0 Å². The molecule has 2 atom stereocenters. The van der Waals surface area contributed by atoms with E-state index in [2.05, 4.69) is 10.0 Å². The van der Waals surface area contributed by atoms with Crippen LogP contribution in [0.5, 0.6) is 0 Å². The molecule has 122 valence electrons. The van der Waals surface area contributed by atoms with Crippen LogP contribution in [0.25, 0.3) is 0 Å². The van der Waals surface area contributed by atoms with Crippen LogP contribution in [0.15, 0.2) is 0 Å². The van der Waals surface area contributed by atoms with Crippen LogP contribution in [0.3, 0.4) is 0 Å². The minimum Gasteiger partial charge on any atom is -0.342 e. The molecule has 2 heterocycles. The standard InChI is InChI=1S/C14H27N3O3S/c1-21(19,20)16-10-12-4-3-9-17(11-12)14(18)7-6-13-5-2-8-15-13/h12-13,15-16H,2-11H2,1H3. The lowest BCUT2D eigenvalue weighted by Crippen LogP contribution is -2.43. The van der Waals surface area contributed by atoms with Gasteiger partial charge < -0.3 is 10.2 Å². The van der Waals surface area contributed by atoms with Crippen molar-refractivity contribution in [1.29, 1.82) is 0 Å². The smallest absolute Gasteiger partial charge is 0.222 e. The Labute approximate surface area is 127 Å². The molecule has 6 nitrogen and oxygen atoms in total. The third kappa shape index (κ3) is 5.92. The lowest BCUT2D eigenvalue weighted by molar-refractivity contribution is -0.133. The van der Waals surface area contributed by atoms with E-state index in [0.717, 1.165) is 32.4 Å². The van der Waals surface area contributed by atoms with Crippen LogP contribution in [0.4, 0.5) is 0 Å². The molecule has 2 aliphatic rings. The summed E-state index contributed by atoms with van der Waals surface area (Å²) in [5.41, 5.74) is 0. The second-order valence-corrected chi connectivity index (χ2v) is 8.13. The van der Waals surface area contributed by atoms with Crippen molar-refractivity contribution in [2.45, 2.75) is 44.6 Å². The van der Waals surface area contributed by atoms with Crippen molar-refractivity contribution >= 4 is 15.9 Å². The number of sulfonamides is 1. The lowest BCUT2D eigenvalue weighted by Gasteiger charge is -2.33. The molecule has 0 bridgehead atoms. The SMILES string of the molecule is CS(=O)(=O)NCC1CCCN(C(=O)CCC2CCCN2)C1. The highest BCUT2D eigenvalue weighted by molar-refractivity contribution is 7.88. The number of nitrogens with zero attached hydrogens (tertiary/aromatic N) is 1. The minimum atomic E-state index is -3.14. The van der Waals surface area contributed by atoms with Crippen molar-refractivity contribution in [3.8, 4) is 0 Å². The molecule has 0 saturated carbocycles. The van der Waals surface area contributed by atoms with Gasteiger partial charge in [0.05, 0.1) is 6.26 Å². The molecule has 2 fully saturated rings. The quantitative estimate of drug-likeness (QED) is 0.739. The van der Waals surface area contributed by atoms with Crippen LogP contribution < -0.4 is 10.0 Å². The van der Waals surface area contributed by atoms with E-state index in [-0.39, 0.29) is 11.8 Å². The molecule has 1 amide bonds. The Morgan fingerprint density at radius 3 is 2.81 bits per heavy atom. The molecular formula is C14H27N3O3S. The van der Waals surface area contributed by atoms with E-state index in [1.807, 2.05) is 4.90 Å². The maximum absolute atomic E-state index is 12.3. The molecule has 0 aromatic heterocycles. The average Bonchev–Trinajstić information content (AvgIpc) is 2.95. The van der Waals surface area contributed by atoms with E-state index in [1.54, 1.807) is 0 Å². The average molecular weight is 317 g/mol. The molecule has 0 spiro atoms. The lowest BCUT2D eigenvalue weighted by atomic mass is 9.97. The number of amides is 1. The first kappa shape index (κ1) is 16.7. The Balaban J connectivity index is 1.73. The van der Waals surface area contributed by atoms with E-state index in [9.17, 15) is 13.2 Å². The number of rotatable bonds is 6. The fraction of sp³-hybridized carbons (Fsp3) is 0.929. The summed E-state index contributed by atoms with van der Waals surface area (Å²) in [5.74, 6) is 0.454. The second-order valence-electron chi connectivity index (χ2n) is 6.30. The van der Waals surface area contributed by atoms with Gasteiger partial charge in [-0.3, -0.25) is 4.79 Å². The van der Waals surface area contributed by atoms with Crippen molar-refractivity contribution < 1.29 is 13.2 Å². The van der Waals surface area contributed by atoms with E-state index in [0.29, 0.717) is 25.6 Å². The van der Waals surface area contributed by atoms with Crippen molar-refractivity contribution in [3.63, 3.8) is 0 Å². The summed E-state index contributed by atoms with van der Waals surface area (Å²) in [6, 6.07) is 0.501. The number of piperidine rings is 1. The van der Waals surface area contributed by atoms with Gasteiger partial charge in [0, 0.05) is 32.1 Å². The van der Waals surface area contributed by atoms with Crippen LogP contribution in [-0.4, -0.2) is 57.7 Å². The van der Waals surface area contributed by atoms with Gasteiger partial charge in [0.15, 0.2) is 0 Å². The van der Waals surface area contributed by atoms with Crippen LogP contribution >= 0.6 is 0 Å². The van der Waals surface area contributed by atoms with Gasteiger partial charge in [-0.15, -0.1) is 0 Å². The zero-order valence-electron chi connectivity index (χ0n) is 12.8. The predicted octanol–water partition coefficient (Wildman–Crippen LogP) is 0.306. The maximum Gasteiger partial charge on any atom is 0.222 e. The third-order valence-corrected chi connectivity index (χ3v) is 5.07. The monoisotopic (exact) mass is 317 g/mol. The van der Waals surface area contributed by atoms with Crippen LogP contribution in [-0.2, 0) is 14.8 Å². The van der Waals surface area contributed by atoms with Gasteiger partial charge in [-0.1, -0.05) is 0 Å². The molecular weight excluding hydrogens is 290 g/mol. The van der Waals surface area contributed by atoms with Gasteiger partial charge in [0.1, 0.15) is 0 Å². The van der Waals surface area contributed by atoms with Crippen molar-refractivity contribution in [2.75, 3.05) is 32.4 Å². The Bertz CT molecular complexity index is 446. The number of hydrogen-bond acceptors (Lipinski definition) is 4. The summed E-state index contributed by atoms with van der Waals surface area (Å²) >= 11 is 0. The first-order valence-corrected chi connectivity index (χ1v) is 9.79. The van der Waals surface area contributed by atoms with Crippen molar-refractivity contribution in [1.82, 2.24) is 14.9 Å². The topological polar surface area (TPSA) is 78.5 Å². The summed E-state index contributed by atoms with van der Waals surface area (Å²) < 4.78 is 24.8. The zero-order valence-corrected chi connectivity index (χ0v) is 13.6. The van der Waals surface area contributed by atoms with E-state index in [4.69, 9.17) is 0 Å². The molecule has 7 heteroatoms. The molecule has 2 rings (SSSR count). The largest absolute Gasteiger partial charge is 0.342 e. The number of hydrogen-bond donors (Lipinski definition) is 2. The fourth-order valence-corrected chi connectivity index (χ4v) is 3.72. The van der Waals surface area contributed by atoms with Gasteiger partial charge in [-0.2, -0.15) is 0 Å². The van der Waals surface area contributed by atoms with Gasteiger partial charge in [-0.25, -0.2) is 13.1 Å². The molecule has 2 saturated heterocycles. The Morgan fingerprint density at radius 1 is 1.33 bits per heavy atom. The molecule has 2 N–H and O–H groups in total. The van der Waals surface area contributed by atoms with Crippen LogP contribution in [0, 0.1) is 5.92 Å². The maximum atomic E-state index is 12.3. The summed E-state index contributed by atoms with van der Waals surface area (Å²) in [6.07, 6.45) is 7.02. The predicted molar refractivity (Wildman–Crippen MR) is 82.4 cm³/mol. The summed E-state index contributed by atoms with van der Waals surface area (Å²) in [7, 11) is -3.14. The number of carbonyl (C=O) groups excluding carboxylic acids is 1. The van der Waals surface area contributed by atoms with Crippen molar-refractivity contribution in [2.24, 2.45) is 5.92 Å². The number of likely N-dealkylation sites (tertiary alicyclic amines) is 1. The van der Waals surface area contributed by atoms with Gasteiger partial charge in [0.2, 0.25) is 15.9 Å². The van der Waals surface area contributed by atoms with E-state index < -0.39 is 10.0 Å². The van der Waals surface area contributed by atoms with Gasteiger partial charge in [-0.05, 0) is 44.6 Å². The molecule has 2 aliphatic heterocycles. The van der Waals surface area contributed by atoms with Crippen LogP contribution in [0.1, 0.15) is 38.5 Å². The first-order chi connectivity index (χ1) is 9.94. The molecule has 0 aliphatic carbocycles. The number of nitrogens with one attached hydrogen (secondary N) is 2. The highest BCUT2D eigenvalue weighted by Gasteiger charge is 2.25. The molecule has 0 aromatic carbocycles. The summed E-state index contributed by atoms with van der Waals surface area (Å²) in [6.45, 7) is 3.00. The van der Waals surface area contributed by atoms with Crippen LogP contribution in [0.2, 0.25) is 0 Å². The molecule has 2 unspecified atom stereocenters. The Hall–Kier alpha value is -0.660. The molecule has 0 radical (unpaired) electrons. The minimum absolute atomic E-state index is 0.216. The van der Waals surface area contributed by atoms with Gasteiger partial charge >= 0.3 is 0 Å². The van der Waals surface area contributed by atoms with E-state index in [1.165, 1.54) is 19.1 Å². The van der Waals surface area contributed by atoms with E-state index >= 15 is 0 Å². The normalized spacial score (nSPS) is 27.0. The third-order valence-electron chi connectivity index (χ3n) is 4.37. The Morgan fingerprint density at radius 2 is 2.14 bits per heavy atom. The summed E-state index contributed by atoms with van der Waals surface area (Å²) in [4.78, 5) is 14.2. The van der Waals surface area contributed by atoms with Crippen molar-refractivity contribution in [3.05, 3.63) is 0 Å². The second kappa shape index (κ2) is 7.56. The fourth-order valence-electron chi connectivity index (χ4n) is 3.19. The zero-order chi connectivity index (χ0) is 15.3. The Kier molecular flexibility index (Phi) is 6.01. The highest BCUT2D eigenvalue weighted by atomic mass is 32.2. The first-order valence-electron chi connectivity index (χ1n) is 7.90. The number of carbonyl (C=O) groups is 1. The molecule has 0 aromatic rings. The summed E-state index contributed by atoms with van der Waals surface area (Å²) in [5, 5.41) is 3.41.